The van der Waals surface area contributed by atoms with Crippen LogP contribution in [0.1, 0.15) is 23.8 Å². The molecule has 1 N–H and O–H groups in total. The van der Waals surface area contributed by atoms with Crippen LogP contribution in [0.3, 0.4) is 0 Å². The molecule has 0 spiro atoms. The first-order chi connectivity index (χ1) is 10.0. The Morgan fingerprint density at radius 1 is 1.38 bits per heavy atom. The molecule has 0 radical (unpaired) electrons. The number of nitrogens with zero attached hydrogens (tertiary/aromatic N) is 1. The van der Waals surface area contributed by atoms with E-state index in [1.807, 2.05) is 6.07 Å². The number of nitrogens with one attached hydrogen (secondary N) is 1. The Balaban J connectivity index is 1.76. The standard InChI is InChI=1S/C14H16N2O4S/c1-9-13(5-6-14(15-9)19-2)21(17,18)16-11-8-10(11)12-4-3-7-20-12/h3-7,10-11,16H,8H2,1-2H3/t10-,11-/m1/s1. The van der Waals surface area contributed by atoms with E-state index in [-0.39, 0.29) is 16.9 Å². The Labute approximate surface area is 123 Å². The smallest absolute Gasteiger partial charge is 0.242 e. The fourth-order valence-electron chi connectivity index (χ4n) is 2.33. The van der Waals surface area contributed by atoms with Gasteiger partial charge in [0, 0.05) is 18.0 Å². The third kappa shape index (κ3) is 2.79. The van der Waals surface area contributed by atoms with Crippen molar-refractivity contribution in [3.05, 3.63) is 42.0 Å². The van der Waals surface area contributed by atoms with Crippen LogP contribution in [-0.2, 0) is 10.0 Å². The minimum absolute atomic E-state index is 0.112. The fraction of sp³-hybridized carbons (Fsp3) is 0.357. The normalized spacial score (nSPS) is 21.2. The molecule has 1 aliphatic carbocycles. The van der Waals surface area contributed by atoms with E-state index in [2.05, 4.69) is 9.71 Å². The van der Waals surface area contributed by atoms with E-state index in [9.17, 15) is 8.42 Å². The van der Waals surface area contributed by atoms with Gasteiger partial charge in [-0.1, -0.05) is 0 Å². The number of aryl methyl sites for hydroxylation is 1. The van der Waals surface area contributed by atoms with Gasteiger partial charge in [-0.25, -0.2) is 18.1 Å². The van der Waals surface area contributed by atoms with Crippen molar-refractivity contribution in [2.75, 3.05) is 7.11 Å². The van der Waals surface area contributed by atoms with Gasteiger partial charge < -0.3 is 9.15 Å². The van der Waals surface area contributed by atoms with Crippen LogP contribution in [0.25, 0.3) is 0 Å². The highest BCUT2D eigenvalue weighted by molar-refractivity contribution is 7.89. The number of aromatic nitrogens is 1. The van der Waals surface area contributed by atoms with Gasteiger partial charge in [-0.3, -0.25) is 0 Å². The molecule has 0 amide bonds. The van der Waals surface area contributed by atoms with E-state index in [1.165, 1.54) is 13.2 Å². The van der Waals surface area contributed by atoms with Crippen LogP contribution < -0.4 is 9.46 Å². The maximum Gasteiger partial charge on any atom is 0.242 e. The first-order valence-corrected chi connectivity index (χ1v) is 8.07. The quantitative estimate of drug-likeness (QED) is 0.911. The van der Waals surface area contributed by atoms with Crippen molar-refractivity contribution in [1.29, 1.82) is 0 Å². The molecule has 1 aliphatic rings. The molecule has 0 aliphatic heterocycles. The number of furan rings is 1. The van der Waals surface area contributed by atoms with Crippen molar-refractivity contribution in [1.82, 2.24) is 9.71 Å². The number of hydrogen-bond donors (Lipinski definition) is 1. The largest absolute Gasteiger partial charge is 0.481 e. The number of hydrogen-bond acceptors (Lipinski definition) is 5. The van der Waals surface area contributed by atoms with Crippen molar-refractivity contribution in [2.24, 2.45) is 0 Å². The van der Waals surface area contributed by atoms with Gasteiger partial charge in [0.15, 0.2) is 0 Å². The number of rotatable bonds is 5. The van der Waals surface area contributed by atoms with Gasteiger partial charge in [-0.2, -0.15) is 0 Å². The molecule has 2 atom stereocenters. The van der Waals surface area contributed by atoms with Gasteiger partial charge in [0.05, 0.1) is 19.1 Å². The molecule has 7 heteroatoms. The highest BCUT2D eigenvalue weighted by Gasteiger charge is 2.43. The molecule has 3 rings (SSSR count). The lowest BCUT2D eigenvalue weighted by molar-refractivity contribution is 0.396. The number of pyridine rings is 1. The molecular formula is C14H16N2O4S. The van der Waals surface area contributed by atoms with Gasteiger partial charge >= 0.3 is 0 Å². The summed E-state index contributed by atoms with van der Waals surface area (Å²) in [5, 5.41) is 0. The highest BCUT2D eigenvalue weighted by atomic mass is 32.2. The number of ether oxygens (including phenoxy) is 1. The Morgan fingerprint density at radius 3 is 2.81 bits per heavy atom. The Morgan fingerprint density at radius 2 is 2.19 bits per heavy atom. The molecule has 112 valence electrons. The average Bonchev–Trinajstić information content (AvgIpc) is 2.99. The molecule has 2 aromatic rings. The van der Waals surface area contributed by atoms with E-state index < -0.39 is 10.0 Å². The highest BCUT2D eigenvalue weighted by Crippen LogP contribution is 2.41. The van der Waals surface area contributed by atoms with Crippen LogP contribution in [0.15, 0.2) is 39.8 Å². The third-order valence-electron chi connectivity index (χ3n) is 3.52. The van der Waals surface area contributed by atoms with Gasteiger partial charge in [0.2, 0.25) is 15.9 Å². The predicted octanol–water partition coefficient (Wildman–Crippen LogP) is 1.83. The molecular weight excluding hydrogens is 292 g/mol. The Hall–Kier alpha value is -1.86. The van der Waals surface area contributed by atoms with Crippen molar-refractivity contribution in [2.45, 2.75) is 30.2 Å². The lowest BCUT2D eigenvalue weighted by atomic mass is 10.3. The molecule has 0 saturated heterocycles. The second-order valence-electron chi connectivity index (χ2n) is 5.02. The molecule has 0 aromatic carbocycles. The molecule has 1 saturated carbocycles. The summed E-state index contributed by atoms with van der Waals surface area (Å²) in [4.78, 5) is 4.27. The van der Waals surface area contributed by atoms with Crippen LogP contribution >= 0.6 is 0 Å². The first-order valence-electron chi connectivity index (χ1n) is 6.58. The summed E-state index contributed by atoms with van der Waals surface area (Å²) in [7, 11) is -2.09. The van der Waals surface area contributed by atoms with Gasteiger partial charge in [0.1, 0.15) is 10.7 Å². The zero-order chi connectivity index (χ0) is 15.0. The average molecular weight is 308 g/mol. The fourth-order valence-corrected chi connectivity index (χ4v) is 3.80. The number of sulfonamides is 1. The molecule has 2 heterocycles. The van der Waals surface area contributed by atoms with Crippen molar-refractivity contribution in [3.63, 3.8) is 0 Å². The molecule has 1 fully saturated rings. The maximum atomic E-state index is 12.4. The van der Waals surface area contributed by atoms with Gasteiger partial charge in [-0.05, 0) is 31.5 Å². The monoisotopic (exact) mass is 308 g/mol. The molecule has 6 nitrogen and oxygen atoms in total. The third-order valence-corrected chi connectivity index (χ3v) is 5.14. The van der Waals surface area contributed by atoms with Crippen molar-refractivity contribution in [3.8, 4) is 5.88 Å². The summed E-state index contributed by atoms with van der Waals surface area (Å²) in [6.45, 7) is 1.65. The van der Waals surface area contributed by atoms with Crippen LogP contribution in [0.2, 0.25) is 0 Å². The van der Waals surface area contributed by atoms with Gasteiger partial charge in [0.25, 0.3) is 0 Å². The van der Waals surface area contributed by atoms with E-state index >= 15 is 0 Å². The van der Waals surface area contributed by atoms with Crippen LogP contribution in [0.5, 0.6) is 5.88 Å². The Bertz CT molecular complexity index is 740. The summed E-state index contributed by atoms with van der Waals surface area (Å²) in [6, 6.07) is 6.59. The van der Waals surface area contributed by atoms with E-state index in [4.69, 9.17) is 9.15 Å². The van der Waals surface area contributed by atoms with Crippen LogP contribution in [0, 0.1) is 6.92 Å². The van der Waals surface area contributed by atoms with E-state index in [1.54, 1.807) is 25.3 Å². The minimum atomic E-state index is -3.59. The summed E-state index contributed by atoms with van der Waals surface area (Å²) in [5.41, 5.74) is 0.414. The molecule has 21 heavy (non-hydrogen) atoms. The summed E-state index contributed by atoms with van der Waals surface area (Å²) < 4.78 is 37.8. The zero-order valence-electron chi connectivity index (χ0n) is 11.7. The molecule has 0 bridgehead atoms. The predicted molar refractivity (Wildman–Crippen MR) is 75.7 cm³/mol. The van der Waals surface area contributed by atoms with Gasteiger partial charge in [-0.15, -0.1) is 0 Å². The second kappa shape index (κ2) is 5.16. The Kier molecular flexibility index (Phi) is 3.46. The van der Waals surface area contributed by atoms with Crippen molar-refractivity contribution < 1.29 is 17.6 Å². The summed E-state index contributed by atoms with van der Waals surface area (Å²) in [5.74, 6) is 1.32. The topological polar surface area (TPSA) is 81.4 Å². The summed E-state index contributed by atoms with van der Waals surface area (Å²) >= 11 is 0. The molecule has 2 aromatic heterocycles. The minimum Gasteiger partial charge on any atom is -0.481 e. The lowest BCUT2D eigenvalue weighted by Crippen LogP contribution is -2.27. The van der Waals surface area contributed by atoms with Crippen LogP contribution in [-0.4, -0.2) is 26.6 Å². The van der Waals surface area contributed by atoms with Crippen molar-refractivity contribution >= 4 is 10.0 Å². The summed E-state index contributed by atoms with van der Waals surface area (Å²) in [6.07, 6.45) is 2.34. The van der Waals surface area contributed by atoms with E-state index in [0.29, 0.717) is 11.6 Å². The maximum absolute atomic E-state index is 12.4. The molecule has 0 unspecified atom stereocenters. The second-order valence-corrected chi connectivity index (χ2v) is 6.70. The van der Waals surface area contributed by atoms with E-state index in [0.717, 1.165) is 12.2 Å². The lowest BCUT2D eigenvalue weighted by Gasteiger charge is -2.09. The number of methoxy groups -OCH3 is 1. The first kappa shape index (κ1) is 14.1. The zero-order valence-corrected chi connectivity index (χ0v) is 12.6. The SMILES string of the molecule is COc1ccc(S(=O)(=O)N[C@@H]2C[C@H]2c2ccco2)c(C)n1. The van der Waals surface area contributed by atoms with Crippen LogP contribution in [0.4, 0.5) is 0 Å².